The number of aromatic nitrogens is 1. The lowest BCUT2D eigenvalue weighted by atomic mass is 10.1. The first-order chi connectivity index (χ1) is 10.3. The van der Waals surface area contributed by atoms with Crippen LogP contribution in [0, 0.1) is 0 Å². The first kappa shape index (κ1) is 14.1. The van der Waals surface area contributed by atoms with Crippen LogP contribution in [0.1, 0.15) is 0 Å². The van der Waals surface area contributed by atoms with Crippen molar-refractivity contribution in [2.75, 3.05) is 37.3 Å². The molecular formula is C15H18N4OS. The highest BCUT2D eigenvalue weighted by atomic mass is 32.1. The number of nitrogens with one attached hydrogen (secondary N) is 2. The Bertz CT molecular complexity index is 756. The lowest BCUT2D eigenvalue weighted by Gasteiger charge is -2.10. The first-order valence-corrected chi connectivity index (χ1v) is 7.79. The molecule has 0 fully saturated rings. The fraction of sp³-hybridized carbons (Fsp3) is 0.267. The Morgan fingerprint density at radius 1 is 1.14 bits per heavy atom. The fourth-order valence-electron chi connectivity index (χ4n) is 2.33. The fourth-order valence-corrected chi connectivity index (χ4v) is 3.26. The molecule has 0 aliphatic heterocycles. The quantitative estimate of drug-likeness (QED) is 0.414. The van der Waals surface area contributed by atoms with E-state index in [4.69, 9.17) is 15.8 Å². The summed E-state index contributed by atoms with van der Waals surface area (Å²) in [5.41, 5.74) is 7.49. The SMILES string of the molecule is Nc1ccc2c(c1)nc(NCCNCCO)c1ccsc12. The number of thiophene rings is 1. The van der Waals surface area contributed by atoms with Gasteiger partial charge in [-0.2, -0.15) is 0 Å². The number of hydrogen-bond acceptors (Lipinski definition) is 6. The molecule has 5 nitrogen and oxygen atoms in total. The molecule has 0 radical (unpaired) electrons. The van der Waals surface area contributed by atoms with Crippen molar-refractivity contribution in [2.45, 2.75) is 0 Å². The Morgan fingerprint density at radius 2 is 2.05 bits per heavy atom. The zero-order chi connectivity index (χ0) is 14.7. The third kappa shape index (κ3) is 2.92. The van der Waals surface area contributed by atoms with Gasteiger partial charge in [-0.15, -0.1) is 11.3 Å². The Hall–Kier alpha value is -1.89. The van der Waals surface area contributed by atoms with E-state index in [1.807, 2.05) is 18.2 Å². The molecule has 3 rings (SSSR count). The van der Waals surface area contributed by atoms with Crippen molar-refractivity contribution in [1.82, 2.24) is 10.3 Å². The first-order valence-electron chi connectivity index (χ1n) is 6.91. The zero-order valence-corrected chi connectivity index (χ0v) is 12.4. The van der Waals surface area contributed by atoms with E-state index < -0.39 is 0 Å². The van der Waals surface area contributed by atoms with Gasteiger partial charge in [-0.05, 0) is 29.6 Å². The number of nitrogens with two attached hydrogens (primary N) is 1. The van der Waals surface area contributed by atoms with Crippen LogP contribution in [0.4, 0.5) is 11.5 Å². The standard InChI is InChI=1S/C15H18N4OS/c16-10-1-2-11-13(9-10)19-15(12-3-8-21-14(11)12)18-5-4-17-6-7-20/h1-3,8-9,17,20H,4-7,16H2,(H,18,19). The molecule has 110 valence electrons. The molecule has 0 saturated carbocycles. The third-order valence-corrected chi connectivity index (χ3v) is 4.25. The molecule has 0 aliphatic rings. The maximum atomic E-state index is 8.73. The number of fused-ring (bicyclic) bond motifs is 3. The minimum atomic E-state index is 0.155. The molecule has 21 heavy (non-hydrogen) atoms. The number of nitrogens with zero attached hydrogens (tertiary/aromatic N) is 1. The van der Waals surface area contributed by atoms with Crippen molar-refractivity contribution in [3.8, 4) is 0 Å². The number of anilines is 2. The van der Waals surface area contributed by atoms with E-state index in [1.54, 1.807) is 11.3 Å². The summed E-state index contributed by atoms with van der Waals surface area (Å²) >= 11 is 1.71. The van der Waals surface area contributed by atoms with Crippen molar-refractivity contribution >= 4 is 43.8 Å². The van der Waals surface area contributed by atoms with Gasteiger partial charge < -0.3 is 21.5 Å². The van der Waals surface area contributed by atoms with E-state index >= 15 is 0 Å². The molecule has 3 aromatic rings. The van der Waals surface area contributed by atoms with Crippen molar-refractivity contribution in [3.05, 3.63) is 29.6 Å². The van der Waals surface area contributed by atoms with E-state index in [1.165, 1.54) is 4.70 Å². The van der Waals surface area contributed by atoms with Gasteiger partial charge in [-0.1, -0.05) is 0 Å². The van der Waals surface area contributed by atoms with Crippen LogP contribution in [0.25, 0.3) is 21.0 Å². The Kier molecular flexibility index (Phi) is 4.19. The normalized spacial score (nSPS) is 11.3. The van der Waals surface area contributed by atoms with Crippen molar-refractivity contribution < 1.29 is 5.11 Å². The largest absolute Gasteiger partial charge is 0.399 e. The summed E-state index contributed by atoms with van der Waals surface area (Å²) in [5, 5.41) is 19.6. The minimum Gasteiger partial charge on any atom is -0.399 e. The van der Waals surface area contributed by atoms with E-state index in [2.05, 4.69) is 22.1 Å². The molecule has 0 spiro atoms. The van der Waals surface area contributed by atoms with Crippen molar-refractivity contribution in [1.29, 1.82) is 0 Å². The average molecular weight is 302 g/mol. The number of rotatable bonds is 6. The van der Waals surface area contributed by atoms with Crippen LogP contribution in [-0.2, 0) is 0 Å². The van der Waals surface area contributed by atoms with Crippen molar-refractivity contribution in [3.63, 3.8) is 0 Å². The van der Waals surface area contributed by atoms with Gasteiger partial charge in [0.2, 0.25) is 0 Å². The van der Waals surface area contributed by atoms with Gasteiger partial charge in [0.05, 0.1) is 12.1 Å². The predicted molar refractivity (Wildman–Crippen MR) is 90.0 cm³/mol. The second-order valence-corrected chi connectivity index (χ2v) is 5.72. The van der Waals surface area contributed by atoms with Gasteiger partial charge in [-0.3, -0.25) is 0 Å². The minimum absolute atomic E-state index is 0.155. The van der Waals surface area contributed by atoms with E-state index in [0.29, 0.717) is 6.54 Å². The number of aliphatic hydroxyl groups is 1. The van der Waals surface area contributed by atoms with Gasteiger partial charge in [0.1, 0.15) is 5.82 Å². The van der Waals surface area contributed by atoms with E-state index in [-0.39, 0.29) is 6.61 Å². The summed E-state index contributed by atoms with van der Waals surface area (Å²) in [4.78, 5) is 4.69. The summed E-state index contributed by atoms with van der Waals surface area (Å²) in [6, 6.07) is 7.94. The predicted octanol–water partition coefficient (Wildman–Crippen LogP) is 2.03. The molecule has 2 aromatic heterocycles. The van der Waals surface area contributed by atoms with Gasteiger partial charge in [-0.25, -0.2) is 4.98 Å². The van der Waals surface area contributed by atoms with E-state index in [9.17, 15) is 0 Å². The number of aliphatic hydroxyl groups excluding tert-OH is 1. The molecule has 5 N–H and O–H groups in total. The zero-order valence-electron chi connectivity index (χ0n) is 11.6. The van der Waals surface area contributed by atoms with Crippen LogP contribution in [0.3, 0.4) is 0 Å². The number of hydrogen-bond donors (Lipinski definition) is 4. The average Bonchev–Trinajstić information content (AvgIpc) is 2.96. The van der Waals surface area contributed by atoms with Crippen LogP contribution in [0.15, 0.2) is 29.6 Å². The van der Waals surface area contributed by atoms with Gasteiger partial charge in [0, 0.05) is 40.8 Å². The van der Waals surface area contributed by atoms with Gasteiger partial charge >= 0.3 is 0 Å². The van der Waals surface area contributed by atoms with Crippen LogP contribution in [0.5, 0.6) is 0 Å². The van der Waals surface area contributed by atoms with Crippen LogP contribution in [0.2, 0.25) is 0 Å². The molecule has 0 unspecified atom stereocenters. The van der Waals surface area contributed by atoms with Crippen LogP contribution in [-0.4, -0.2) is 36.3 Å². The Labute approximate surface area is 126 Å². The smallest absolute Gasteiger partial charge is 0.135 e. The molecule has 0 atom stereocenters. The highest BCUT2D eigenvalue weighted by Gasteiger charge is 2.09. The number of benzene rings is 1. The number of pyridine rings is 1. The number of nitrogen functional groups attached to an aromatic ring is 1. The monoisotopic (exact) mass is 302 g/mol. The van der Waals surface area contributed by atoms with Crippen LogP contribution >= 0.6 is 11.3 Å². The van der Waals surface area contributed by atoms with Crippen molar-refractivity contribution in [2.24, 2.45) is 0 Å². The summed E-state index contributed by atoms with van der Waals surface area (Å²) < 4.78 is 1.23. The molecule has 0 aliphatic carbocycles. The highest BCUT2D eigenvalue weighted by molar-refractivity contribution is 7.18. The summed E-state index contributed by atoms with van der Waals surface area (Å²) in [5.74, 6) is 0.884. The van der Waals surface area contributed by atoms with Crippen LogP contribution < -0.4 is 16.4 Å². The molecular weight excluding hydrogens is 284 g/mol. The second-order valence-electron chi connectivity index (χ2n) is 4.80. The molecule has 6 heteroatoms. The lowest BCUT2D eigenvalue weighted by Crippen LogP contribution is -2.25. The maximum Gasteiger partial charge on any atom is 0.135 e. The molecule has 0 saturated heterocycles. The Balaban J connectivity index is 1.90. The topological polar surface area (TPSA) is 83.2 Å². The summed E-state index contributed by atoms with van der Waals surface area (Å²) in [7, 11) is 0. The summed E-state index contributed by atoms with van der Waals surface area (Å²) in [6.07, 6.45) is 0. The molecule has 0 amide bonds. The highest BCUT2D eigenvalue weighted by Crippen LogP contribution is 2.33. The van der Waals surface area contributed by atoms with Gasteiger partial charge in [0.15, 0.2) is 0 Å². The second kappa shape index (κ2) is 6.26. The Morgan fingerprint density at radius 3 is 2.90 bits per heavy atom. The van der Waals surface area contributed by atoms with E-state index in [0.717, 1.165) is 40.9 Å². The molecule has 0 bridgehead atoms. The maximum absolute atomic E-state index is 8.73. The molecule has 2 heterocycles. The van der Waals surface area contributed by atoms with Gasteiger partial charge in [0.25, 0.3) is 0 Å². The molecule has 1 aromatic carbocycles. The summed E-state index contributed by atoms with van der Waals surface area (Å²) in [6.45, 7) is 2.30. The lowest BCUT2D eigenvalue weighted by molar-refractivity contribution is 0.293. The third-order valence-electron chi connectivity index (χ3n) is 3.30.